The minimum atomic E-state index is -1.05. The molecule has 6 heteroatoms. The highest BCUT2D eigenvalue weighted by Crippen LogP contribution is 2.38. The molecule has 2 heterocycles. The third-order valence-electron chi connectivity index (χ3n) is 3.61. The molecule has 1 aliphatic rings. The van der Waals surface area contributed by atoms with Gasteiger partial charge in [0, 0.05) is 12.8 Å². The normalized spacial score (nSPS) is 26.3. The highest BCUT2D eigenvalue weighted by Gasteiger charge is 2.40. The highest BCUT2D eigenvalue weighted by molar-refractivity contribution is 5.28. The number of hydrogen-bond donors (Lipinski definition) is 1. The second kappa shape index (κ2) is 6.37. The van der Waals surface area contributed by atoms with Crippen molar-refractivity contribution in [1.29, 1.82) is 0 Å². The van der Waals surface area contributed by atoms with E-state index in [1.54, 1.807) is 0 Å². The molecule has 2 atom stereocenters. The van der Waals surface area contributed by atoms with E-state index in [1.807, 2.05) is 0 Å². The monoisotopic (exact) mass is 282 g/mol. The second-order valence-electron chi connectivity index (χ2n) is 5.04. The predicted octanol–water partition coefficient (Wildman–Crippen LogP) is 1.66. The molecule has 6 nitrogen and oxygen atoms in total. The van der Waals surface area contributed by atoms with Crippen molar-refractivity contribution in [1.82, 2.24) is 9.97 Å². The van der Waals surface area contributed by atoms with Gasteiger partial charge in [-0.3, -0.25) is 0 Å². The van der Waals surface area contributed by atoms with Gasteiger partial charge >= 0.3 is 0 Å². The van der Waals surface area contributed by atoms with Crippen LogP contribution in [0, 0.1) is 0 Å². The molecule has 112 valence electrons. The summed E-state index contributed by atoms with van der Waals surface area (Å²) in [6.45, 7) is 2.61. The molecule has 2 unspecified atom stereocenters. The van der Waals surface area contributed by atoms with Gasteiger partial charge in [0.25, 0.3) is 0 Å². The van der Waals surface area contributed by atoms with E-state index in [2.05, 4.69) is 16.9 Å². The summed E-state index contributed by atoms with van der Waals surface area (Å²) in [4.78, 5) is 8.49. The molecule has 0 spiro atoms. The number of ether oxygens (including phenoxy) is 3. The summed E-state index contributed by atoms with van der Waals surface area (Å²) in [7, 11) is 3.03. The minimum Gasteiger partial charge on any atom is -0.480 e. The number of hydrogen-bond acceptors (Lipinski definition) is 6. The largest absolute Gasteiger partial charge is 0.480 e. The maximum Gasteiger partial charge on any atom is 0.241 e. The van der Waals surface area contributed by atoms with E-state index in [0.29, 0.717) is 36.9 Å². The maximum atomic E-state index is 10.9. The van der Waals surface area contributed by atoms with Gasteiger partial charge in [-0.25, -0.2) is 4.98 Å². The first-order valence-electron chi connectivity index (χ1n) is 6.92. The molecular weight excluding hydrogens is 260 g/mol. The Labute approximate surface area is 119 Å². The number of rotatable bonds is 5. The average Bonchev–Trinajstić information content (AvgIpc) is 2.47. The van der Waals surface area contributed by atoms with Crippen molar-refractivity contribution in [2.75, 3.05) is 20.8 Å². The molecule has 1 N–H and O–H groups in total. The minimum absolute atomic E-state index is 0.0485. The molecule has 1 aromatic heterocycles. The van der Waals surface area contributed by atoms with Crippen LogP contribution in [0.3, 0.4) is 0 Å². The summed E-state index contributed by atoms with van der Waals surface area (Å²) in [6, 6.07) is 0. The van der Waals surface area contributed by atoms with E-state index >= 15 is 0 Å². The molecule has 0 amide bonds. The molecule has 2 rings (SSSR count). The predicted molar refractivity (Wildman–Crippen MR) is 72.9 cm³/mol. The van der Waals surface area contributed by atoms with Crippen LogP contribution in [0.1, 0.15) is 38.3 Å². The Morgan fingerprint density at radius 1 is 1.45 bits per heavy atom. The fraction of sp³-hybridized carbons (Fsp3) is 0.714. The van der Waals surface area contributed by atoms with Gasteiger partial charge in [-0.2, -0.15) is 4.98 Å². The van der Waals surface area contributed by atoms with Crippen LogP contribution >= 0.6 is 0 Å². The van der Waals surface area contributed by atoms with E-state index in [4.69, 9.17) is 14.2 Å². The molecule has 1 aliphatic heterocycles. The molecule has 0 aromatic carbocycles. The summed E-state index contributed by atoms with van der Waals surface area (Å²) in [5, 5.41) is 10.9. The molecule has 0 saturated carbocycles. The number of nitrogens with zero attached hydrogens (tertiary/aromatic N) is 2. The van der Waals surface area contributed by atoms with E-state index in [9.17, 15) is 5.11 Å². The van der Waals surface area contributed by atoms with E-state index in [1.165, 1.54) is 20.4 Å². The van der Waals surface area contributed by atoms with E-state index in [0.717, 1.165) is 12.8 Å². The quantitative estimate of drug-likeness (QED) is 0.885. The Morgan fingerprint density at radius 2 is 2.25 bits per heavy atom. The van der Waals surface area contributed by atoms with Gasteiger partial charge < -0.3 is 19.3 Å². The zero-order chi connectivity index (χ0) is 14.6. The molecule has 20 heavy (non-hydrogen) atoms. The zero-order valence-corrected chi connectivity index (χ0v) is 12.3. The summed E-state index contributed by atoms with van der Waals surface area (Å²) in [6.07, 6.45) is 4.50. The summed E-state index contributed by atoms with van der Waals surface area (Å²) in [5.74, 6) is 0.676. The van der Waals surface area contributed by atoms with Gasteiger partial charge in [-0.15, -0.1) is 0 Å². The van der Waals surface area contributed by atoms with Crippen molar-refractivity contribution < 1.29 is 19.3 Å². The summed E-state index contributed by atoms with van der Waals surface area (Å²) >= 11 is 0. The van der Waals surface area contributed by atoms with Crippen LogP contribution in [0.2, 0.25) is 0 Å². The van der Waals surface area contributed by atoms with Crippen LogP contribution in [-0.2, 0) is 10.3 Å². The van der Waals surface area contributed by atoms with Crippen molar-refractivity contribution in [3.05, 3.63) is 11.9 Å². The molecule has 0 bridgehead atoms. The maximum absolute atomic E-state index is 10.9. The molecule has 0 aliphatic carbocycles. The number of aromatic nitrogens is 2. The molecule has 1 fully saturated rings. The Morgan fingerprint density at radius 3 is 2.90 bits per heavy atom. The fourth-order valence-electron chi connectivity index (χ4n) is 2.57. The molecule has 0 radical (unpaired) electrons. The lowest BCUT2D eigenvalue weighted by Crippen LogP contribution is -2.39. The van der Waals surface area contributed by atoms with Gasteiger partial charge in [0.05, 0.1) is 33.1 Å². The lowest BCUT2D eigenvalue weighted by molar-refractivity contribution is -0.113. The number of methoxy groups -OCH3 is 2. The molecular formula is C14H22N2O4. The van der Waals surface area contributed by atoms with Crippen LogP contribution in [0.4, 0.5) is 0 Å². The van der Waals surface area contributed by atoms with Crippen molar-refractivity contribution in [2.24, 2.45) is 0 Å². The van der Waals surface area contributed by atoms with Crippen molar-refractivity contribution in [2.45, 2.75) is 44.3 Å². The van der Waals surface area contributed by atoms with Crippen LogP contribution in [0.25, 0.3) is 0 Å². The van der Waals surface area contributed by atoms with Crippen LogP contribution in [-0.4, -0.2) is 42.0 Å². The smallest absolute Gasteiger partial charge is 0.241 e. The SMILES string of the molecule is CCCC1CC(O)(c2ncc(OC)nc2OC)CCO1. The molecule has 1 saturated heterocycles. The standard InChI is InChI=1S/C14H22N2O4/c1-4-5-10-8-14(17,6-7-20-10)12-13(19-3)16-11(18-2)9-15-12/h9-10,17H,4-8H2,1-3H3. The third-order valence-corrected chi connectivity index (χ3v) is 3.61. The van der Waals surface area contributed by atoms with Gasteiger partial charge in [0.15, 0.2) is 0 Å². The van der Waals surface area contributed by atoms with Gasteiger partial charge in [0.1, 0.15) is 11.3 Å². The van der Waals surface area contributed by atoms with E-state index in [-0.39, 0.29) is 6.10 Å². The van der Waals surface area contributed by atoms with Crippen molar-refractivity contribution in [3.8, 4) is 11.8 Å². The average molecular weight is 282 g/mol. The van der Waals surface area contributed by atoms with Crippen molar-refractivity contribution >= 4 is 0 Å². The zero-order valence-electron chi connectivity index (χ0n) is 12.3. The third kappa shape index (κ3) is 3.02. The summed E-state index contributed by atoms with van der Waals surface area (Å²) < 4.78 is 16.0. The lowest BCUT2D eigenvalue weighted by Gasteiger charge is -2.36. The Hall–Kier alpha value is -1.40. The van der Waals surface area contributed by atoms with E-state index < -0.39 is 5.60 Å². The topological polar surface area (TPSA) is 73.7 Å². The summed E-state index contributed by atoms with van der Waals surface area (Å²) in [5.41, 5.74) is -0.590. The van der Waals surface area contributed by atoms with Gasteiger partial charge in [-0.05, 0) is 6.42 Å². The van der Waals surface area contributed by atoms with Crippen LogP contribution in [0.15, 0.2) is 6.20 Å². The highest BCUT2D eigenvalue weighted by atomic mass is 16.5. The van der Waals surface area contributed by atoms with Crippen LogP contribution < -0.4 is 9.47 Å². The van der Waals surface area contributed by atoms with Crippen LogP contribution in [0.5, 0.6) is 11.8 Å². The van der Waals surface area contributed by atoms with Crippen molar-refractivity contribution in [3.63, 3.8) is 0 Å². The fourth-order valence-corrected chi connectivity index (χ4v) is 2.57. The lowest BCUT2D eigenvalue weighted by atomic mass is 9.86. The first-order valence-corrected chi connectivity index (χ1v) is 6.92. The van der Waals surface area contributed by atoms with Gasteiger partial charge in [-0.1, -0.05) is 13.3 Å². The second-order valence-corrected chi connectivity index (χ2v) is 5.04. The number of aliphatic hydroxyl groups is 1. The Bertz CT molecular complexity index is 453. The Kier molecular flexibility index (Phi) is 4.77. The molecule has 1 aromatic rings. The first-order chi connectivity index (χ1) is 9.62. The Balaban J connectivity index is 2.28. The first kappa shape index (κ1) is 15.0. The van der Waals surface area contributed by atoms with Gasteiger partial charge in [0.2, 0.25) is 11.8 Å².